The first kappa shape index (κ1) is 12.9. The summed E-state index contributed by atoms with van der Waals surface area (Å²) in [6.07, 6.45) is 2.52. The Morgan fingerprint density at radius 2 is 2.25 bits per heavy atom. The smallest absolute Gasteiger partial charge is 0.251 e. The Bertz CT molecular complexity index is 306. The van der Waals surface area contributed by atoms with E-state index in [1.165, 1.54) is 11.8 Å². The zero-order valence-corrected chi connectivity index (χ0v) is 10.4. The van der Waals surface area contributed by atoms with E-state index in [-0.39, 0.29) is 17.9 Å². The summed E-state index contributed by atoms with van der Waals surface area (Å²) in [6, 6.07) is -0.185. The zero-order valence-electron chi connectivity index (χ0n) is 9.58. The monoisotopic (exact) mass is 243 g/mol. The number of thiocarbonyl (C=S) groups is 1. The molecule has 16 heavy (non-hydrogen) atoms. The van der Waals surface area contributed by atoms with Crippen LogP contribution >= 0.6 is 12.2 Å². The molecule has 0 bridgehead atoms. The normalized spacial score (nSPS) is 19.9. The molecule has 0 saturated carbocycles. The first-order chi connectivity index (χ1) is 7.52. The molecule has 0 aromatic carbocycles. The fraction of sp³-hybridized carbons (Fsp3) is 0.700. The lowest BCUT2D eigenvalue weighted by Crippen LogP contribution is -2.29. The summed E-state index contributed by atoms with van der Waals surface area (Å²) >= 11 is 4.97. The molecule has 0 aromatic heterocycles. The lowest BCUT2D eigenvalue weighted by atomic mass is 10.1. The fourth-order valence-corrected chi connectivity index (χ4v) is 1.81. The third-order valence-corrected chi connectivity index (χ3v) is 2.92. The number of carbonyl (C=O) groups is 2. The number of nitrogens with one attached hydrogen (secondary N) is 2. The van der Waals surface area contributed by atoms with E-state index in [1.807, 2.05) is 0 Å². The van der Waals surface area contributed by atoms with Crippen LogP contribution in [0, 0.1) is 0 Å². The predicted molar refractivity (Wildman–Crippen MR) is 64.8 cm³/mol. The molecule has 1 fully saturated rings. The second-order valence-corrected chi connectivity index (χ2v) is 4.26. The van der Waals surface area contributed by atoms with E-state index >= 15 is 0 Å². The van der Waals surface area contributed by atoms with Gasteiger partial charge in [-0.1, -0.05) is 0 Å². The SMILES string of the molecule is CC(=O)NCCCCC1NC(=S)N(C)C1=O. The Labute approximate surface area is 101 Å². The number of nitrogens with zero attached hydrogens (tertiary/aromatic N) is 1. The van der Waals surface area contributed by atoms with Gasteiger partial charge in [0.2, 0.25) is 5.91 Å². The molecule has 0 aromatic rings. The summed E-state index contributed by atoms with van der Waals surface area (Å²) in [5, 5.41) is 6.19. The van der Waals surface area contributed by atoms with Gasteiger partial charge in [0.25, 0.3) is 5.91 Å². The third kappa shape index (κ3) is 3.44. The lowest BCUT2D eigenvalue weighted by Gasteiger charge is -2.08. The van der Waals surface area contributed by atoms with Crippen molar-refractivity contribution in [1.29, 1.82) is 0 Å². The molecule has 0 radical (unpaired) electrons. The molecule has 90 valence electrons. The van der Waals surface area contributed by atoms with E-state index in [0.717, 1.165) is 19.3 Å². The number of hydrogen-bond donors (Lipinski definition) is 2. The number of unbranched alkanes of at least 4 members (excludes halogenated alkanes) is 1. The maximum atomic E-state index is 11.6. The van der Waals surface area contributed by atoms with Crippen LogP contribution in [0.2, 0.25) is 0 Å². The maximum absolute atomic E-state index is 11.6. The maximum Gasteiger partial charge on any atom is 0.251 e. The molecule has 1 aliphatic rings. The van der Waals surface area contributed by atoms with Crippen LogP contribution in [0.1, 0.15) is 26.2 Å². The summed E-state index contributed by atoms with van der Waals surface area (Å²) in [7, 11) is 1.68. The van der Waals surface area contributed by atoms with Crippen molar-refractivity contribution >= 4 is 29.1 Å². The van der Waals surface area contributed by atoms with Gasteiger partial charge in [-0.25, -0.2) is 0 Å². The molecule has 2 amide bonds. The Balaban J connectivity index is 2.17. The van der Waals surface area contributed by atoms with Gasteiger partial charge >= 0.3 is 0 Å². The van der Waals surface area contributed by atoms with Gasteiger partial charge in [0.15, 0.2) is 5.11 Å². The van der Waals surface area contributed by atoms with Gasteiger partial charge in [0.05, 0.1) is 0 Å². The second-order valence-electron chi connectivity index (χ2n) is 3.88. The van der Waals surface area contributed by atoms with Gasteiger partial charge in [-0.15, -0.1) is 0 Å². The molecule has 0 aliphatic carbocycles. The molecule has 1 aliphatic heterocycles. The average molecular weight is 243 g/mol. The van der Waals surface area contributed by atoms with Crippen LogP contribution in [0.4, 0.5) is 0 Å². The number of likely N-dealkylation sites (N-methyl/N-ethyl adjacent to an activating group) is 1. The Morgan fingerprint density at radius 3 is 2.75 bits per heavy atom. The van der Waals surface area contributed by atoms with E-state index in [9.17, 15) is 9.59 Å². The van der Waals surface area contributed by atoms with Crippen LogP contribution in [0.5, 0.6) is 0 Å². The molecule has 5 nitrogen and oxygen atoms in total. The van der Waals surface area contributed by atoms with Crippen molar-refractivity contribution in [3.8, 4) is 0 Å². The van der Waals surface area contributed by atoms with Gasteiger partial charge in [-0.3, -0.25) is 14.5 Å². The average Bonchev–Trinajstić information content (AvgIpc) is 2.45. The number of rotatable bonds is 5. The van der Waals surface area contributed by atoms with Crippen LogP contribution in [0.15, 0.2) is 0 Å². The minimum Gasteiger partial charge on any atom is -0.356 e. The lowest BCUT2D eigenvalue weighted by molar-refractivity contribution is -0.126. The van der Waals surface area contributed by atoms with Gasteiger partial charge in [0, 0.05) is 20.5 Å². The van der Waals surface area contributed by atoms with Crippen molar-refractivity contribution in [2.75, 3.05) is 13.6 Å². The summed E-state index contributed by atoms with van der Waals surface area (Å²) in [5.41, 5.74) is 0. The number of amides is 2. The summed E-state index contributed by atoms with van der Waals surface area (Å²) in [5.74, 6) is 0.0144. The molecule has 1 atom stereocenters. The topological polar surface area (TPSA) is 61.4 Å². The van der Waals surface area contributed by atoms with Crippen molar-refractivity contribution in [3.63, 3.8) is 0 Å². The molecule has 2 N–H and O–H groups in total. The van der Waals surface area contributed by atoms with Crippen LogP contribution < -0.4 is 10.6 Å². The summed E-state index contributed by atoms with van der Waals surface area (Å²) < 4.78 is 0. The summed E-state index contributed by atoms with van der Waals surface area (Å²) in [6.45, 7) is 2.16. The van der Waals surface area contributed by atoms with Crippen molar-refractivity contribution in [2.24, 2.45) is 0 Å². The standard InChI is InChI=1S/C10H17N3O2S/c1-7(14)11-6-4-3-5-8-9(15)13(2)10(16)12-8/h8H,3-6H2,1-2H3,(H,11,14)(H,12,16). The van der Waals surface area contributed by atoms with Gasteiger partial charge in [-0.05, 0) is 31.5 Å². The molecule has 0 spiro atoms. The highest BCUT2D eigenvalue weighted by Gasteiger charge is 2.31. The molecule has 1 saturated heterocycles. The van der Waals surface area contributed by atoms with Crippen LogP contribution in [0.25, 0.3) is 0 Å². The Morgan fingerprint density at radius 1 is 1.56 bits per heavy atom. The van der Waals surface area contributed by atoms with Gasteiger partial charge in [-0.2, -0.15) is 0 Å². The second kappa shape index (κ2) is 5.79. The Hall–Kier alpha value is -1.17. The molecular formula is C10H17N3O2S. The van der Waals surface area contributed by atoms with Crippen LogP contribution in [-0.4, -0.2) is 41.5 Å². The first-order valence-electron chi connectivity index (χ1n) is 5.35. The van der Waals surface area contributed by atoms with E-state index < -0.39 is 0 Å². The van der Waals surface area contributed by atoms with Gasteiger partial charge < -0.3 is 10.6 Å². The van der Waals surface area contributed by atoms with E-state index in [4.69, 9.17) is 12.2 Å². The van der Waals surface area contributed by atoms with E-state index in [1.54, 1.807) is 7.05 Å². The van der Waals surface area contributed by atoms with E-state index in [2.05, 4.69) is 10.6 Å². The molecule has 1 heterocycles. The first-order valence-corrected chi connectivity index (χ1v) is 5.75. The van der Waals surface area contributed by atoms with Crippen molar-refractivity contribution in [3.05, 3.63) is 0 Å². The minimum absolute atomic E-state index is 0.0176. The van der Waals surface area contributed by atoms with Crippen molar-refractivity contribution in [1.82, 2.24) is 15.5 Å². The predicted octanol–water partition coefficient (Wildman–Crippen LogP) is 0.00790. The molecule has 1 rings (SSSR count). The highest BCUT2D eigenvalue weighted by Crippen LogP contribution is 2.10. The van der Waals surface area contributed by atoms with Crippen molar-refractivity contribution < 1.29 is 9.59 Å². The molecule has 1 unspecified atom stereocenters. The van der Waals surface area contributed by atoms with Gasteiger partial charge in [0.1, 0.15) is 6.04 Å². The molecule has 6 heteroatoms. The quantitative estimate of drug-likeness (QED) is 0.527. The third-order valence-electron chi connectivity index (χ3n) is 2.52. The summed E-state index contributed by atoms with van der Waals surface area (Å²) in [4.78, 5) is 23.7. The highest BCUT2D eigenvalue weighted by molar-refractivity contribution is 7.80. The fourth-order valence-electron chi connectivity index (χ4n) is 1.57. The Kier molecular flexibility index (Phi) is 4.67. The largest absolute Gasteiger partial charge is 0.356 e. The van der Waals surface area contributed by atoms with Crippen LogP contribution in [-0.2, 0) is 9.59 Å². The van der Waals surface area contributed by atoms with Crippen LogP contribution in [0.3, 0.4) is 0 Å². The minimum atomic E-state index is -0.185. The number of hydrogen-bond acceptors (Lipinski definition) is 3. The van der Waals surface area contributed by atoms with Crippen molar-refractivity contribution in [2.45, 2.75) is 32.2 Å². The zero-order chi connectivity index (χ0) is 12.1. The number of carbonyl (C=O) groups excluding carboxylic acids is 2. The highest BCUT2D eigenvalue weighted by atomic mass is 32.1. The van der Waals surface area contributed by atoms with E-state index in [0.29, 0.717) is 11.7 Å². The molecular weight excluding hydrogens is 226 g/mol.